The second-order valence-corrected chi connectivity index (χ2v) is 4.18. The van der Waals surface area contributed by atoms with Crippen LogP contribution in [0.2, 0.25) is 0 Å². The summed E-state index contributed by atoms with van der Waals surface area (Å²) in [7, 11) is 0. The fourth-order valence-corrected chi connectivity index (χ4v) is 1.95. The van der Waals surface area contributed by atoms with Crippen LogP contribution >= 0.6 is 0 Å². The normalized spacial score (nSPS) is 9.33. The van der Waals surface area contributed by atoms with E-state index in [-0.39, 0.29) is 0 Å². The first kappa shape index (κ1) is 14.2. The Kier molecular flexibility index (Phi) is 7.31. The van der Waals surface area contributed by atoms with Crippen LogP contribution in [0.3, 0.4) is 0 Å². The second-order valence-electron chi connectivity index (χ2n) is 4.18. The molecular formula is C18H22. The summed E-state index contributed by atoms with van der Waals surface area (Å²) in [6.07, 6.45) is 4.96. The zero-order valence-electron chi connectivity index (χ0n) is 11.0. The van der Waals surface area contributed by atoms with Gasteiger partial charge in [-0.2, -0.15) is 0 Å². The molecule has 2 rings (SSSR count). The van der Waals surface area contributed by atoms with E-state index in [1.54, 1.807) is 0 Å². The van der Waals surface area contributed by atoms with Crippen molar-refractivity contribution in [1.29, 1.82) is 0 Å². The lowest BCUT2D eigenvalue weighted by Crippen LogP contribution is -1.88. The maximum atomic E-state index is 3.00. The van der Waals surface area contributed by atoms with Gasteiger partial charge in [0.1, 0.15) is 0 Å². The summed E-state index contributed by atoms with van der Waals surface area (Å²) < 4.78 is 0. The van der Waals surface area contributed by atoms with E-state index >= 15 is 0 Å². The molecule has 18 heavy (non-hydrogen) atoms. The number of hydrogen-bond acceptors (Lipinski definition) is 0. The van der Waals surface area contributed by atoms with E-state index in [4.69, 9.17) is 0 Å². The van der Waals surface area contributed by atoms with Crippen molar-refractivity contribution in [3.05, 3.63) is 84.9 Å². The van der Waals surface area contributed by atoms with Crippen molar-refractivity contribution in [2.45, 2.75) is 25.7 Å². The quantitative estimate of drug-likeness (QED) is 0.505. The van der Waals surface area contributed by atoms with Gasteiger partial charge in [0.15, 0.2) is 0 Å². The van der Waals surface area contributed by atoms with Gasteiger partial charge in [-0.3, -0.25) is 0 Å². The lowest BCUT2D eigenvalue weighted by Gasteiger charge is -2.02. The number of rotatable bonds is 5. The highest BCUT2D eigenvalue weighted by Gasteiger charge is 1.94. The molecule has 0 nitrogen and oxygen atoms in total. The maximum Gasteiger partial charge on any atom is -0.0279 e. The van der Waals surface area contributed by atoms with Crippen LogP contribution in [0.25, 0.3) is 0 Å². The average molecular weight is 238 g/mol. The zero-order valence-corrected chi connectivity index (χ0v) is 11.0. The largest absolute Gasteiger partial charge is 0.106 e. The Morgan fingerprint density at radius 1 is 0.556 bits per heavy atom. The molecule has 0 saturated carbocycles. The highest BCUT2D eigenvalue weighted by molar-refractivity contribution is 5.16. The molecule has 0 heterocycles. The Hall–Kier alpha value is -1.82. The summed E-state index contributed by atoms with van der Waals surface area (Å²) in [5.74, 6) is 0. The van der Waals surface area contributed by atoms with Crippen molar-refractivity contribution in [1.82, 2.24) is 0 Å². The topological polar surface area (TPSA) is 0 Å². The van der Waals surface area contributed by atoms with Gasteiger partial charge in [-0.1, -0.05) is 60.7 Å². The minimum absolute atomic E-state index is 1.20. The van der Waals surface area contributed by atoms with Gasteiger partial charge in [0.25, 0.3) is 0 Å². The molecular weight excluding hydrogens is 216 g/mol. The molecule has 94 valence electrons. The molecule has 0 fully saturated rings. The minimum Gasteiger partial charge on any atom is -0.106 e. The predicted octanol–water partition coefficient (Wildman–Crippen LogP) is 5.05. The molecule has 0 aromatic heterocycles. The van der Waals surface area contributed by atoms with Crippen LogP contribution in [0.15, 0.2) is 73.8 Å². The Morgan fingerprint density at radius 2 is 0.889 bits per heavy atom. The zero-order chi connectivity index (χ0) is 13.1. The van der Waals surface area contributed by atoms with Gasteiger partial charge in [0, 0.05) is 0 Å². The van der Waals surface area contributed by atoms with Gasteiger partial charge in [-0.05, 0) is 36.8 Å². The molecule has 0 aliphatic carbocycles. The molecule has 0 amide bonds. The van der Waals surface area contributed by atoms with Crippen molar-refractivity contribution in [2.75, 3.05) is 0 Å². The Labute approximate surface area is 111 Å². The smallest absolute Gasteiger partial charge is 0.0279 e. The van der Waals surface area contributed by atoms with E-state index in [1.807, 2.05) is 0 Å². The first-order chi connectivity index (χ1) is 8.95. The highest BCUT2D eigenvalue weighted by Crippen LogP contribution is 2.08. The first-order valence-corrected chi connectivity index (χ1v) is 6.53. The second kappa shape index (κ2) is 9.23. The minimum atomic E-state index is 1.20. The Morgan fingerprint density at radius 3 is 1.22 bits per heavy atom. The first-order valence-electron chi connectivity index (χ1n) is 6.53. The third kappa shape index (κ3) is 5.49. The molecule has 0 N–H and O–H groups in total. The Balaban J connectivity index is 0.000000771. The molecule has 0 bridgehead atoms. The van der Waals surface area contributed by atoms with Crippen molar-refractivity contribution >= 4 is 0 Å². The number of hydrogen-bond donors (Lipinski definition) is 0. The summed E-state index contributed by atoms with van der Waals surface area (Å²) in [6.45, 7) is 6.00. The molecule has 0 saturated heterocycles. The van der Waals surface area contributed by atoms with E-state index in [0.717, 1.165) is 0 Å². The monoisotopic (exact) mass is 238 g/mol. The highest BCUT2D eigenvalue weighted by atomic mass is 14.0. The molecule has 0 aliphatic heterocycles. The van der Waals surface area contributed by atoms with E-state index in [2.05, 4.69) is 73.8 Å². The SMILES string of the molecule is C=C.c1ccc(CCCCc2ccccc2)cc1. The van der Waals surface area contributed by atoms with Crippen LogP contribution in [0.4, 0.5) is 0 Å². The molecule has 2 aromatic carbocycles. The summed E-state index contributed by atoms with van der Waals surface area (Å²) >= 11 is 0. The molecule has 0 unspecified atom stereocenters. The van der Waals surface area contributed by atoms with Crippen LogP contribution in [-0.2, 0) is 12.8 Å². The van der Waals surface area contributed by atoms with Gasteiger partial charge >= 0.3 is 0 Å². The number of unbranched alkanes of at least 4 members (excludes halogenated alkanes) is 1. The third-order valence-electron chi connectivity index (χ3n) is 2.87. The molecule has 0 heteroatoms. The van der Waals surface area contributed by atoms with Gasteiger partial charge in [-0.15, -0.1) is 13.2 Å². The lowest BCUT2D eigenvalue weighted by atomic mass is 10.0. The molecule has 0 spiro atoms. The summed E-state index contributed by atoms with van der Waals surface area (Å²) in [6, 6.07) is 21.5. The Bertz CT molecular complexity index is 361. The van der Waals surface area contributed by atoms with Crippen LogP contribution in [0, 0.1) is 0 Å². The van der Waals surface area contributed by atoms with Crippen molar-refractivity contribution < 1.29 is 0 Å². The van der Waals surface area contributed by atoms with Gasteiger partial charge < -0.3 is 0 Å². The fourth-order valence-electron chi connectivity index (χ4n) is 1.95. The van der Waals surface area contributed by atoms with Crippen molar-refractivity contribution in [3.8, 4) is 0 Å². The number of benzene rings is 2. The van der Waals surface area contributed by atoms with Gasteiger partial charge in [-0.25, -0.2) is 0 Å². The number of aryl methyl sites for hydroxylation is 2. The van der Waals surface area contributed by atoms with E-state index < -0.39 is 0 Å². The van der Waals surface area contributed by atoms with Crippen molar-refractivity contribution in [3.63, 3.8) is 0 Å². The van der Waals surface area contributed by atoms with Crippen LogP contribution < -0.4 is 0 Å². The molecule has 2 aromatic rings. The molecule has 0 aliphatic rings. The maximum absolute atomic E-state index is 3.00. The van der Waals surface area contributed by atoms with E-state index in [9.17, 15) is 0 Å². The van der Waals surface area contributed by atoms with Crippen LogP contribution in [0.5, 0.6) is 0 Å². The third-order valence-corrected chi connectivity index (χ3v) is 2.87. The molecule has 0 radical (unpaired) electrons. The van der Waals surface area contributed by atoms with E-state index in [0.29, 0.717) is 0 Å². The molecule has 0 atom stereocenters. The van der Waals surface area contributed by atoms with Crippen LogP contribution in [0.1, 0.15) is 24.0 Å². The summed E-state index contributed by atoms with van der Waals surface area (Å²) in [4.78, 5) is 0. The predicted molar refractivity (Wildman–Crippen MR) is 80.8 cm³/mol. The fraction of sp³-hybridized carbons (Fsp3) is 0.222. The standard InChI is InChI=1S/C16H18.C2H4/c1-3-9-15(10-4-1)13-7-8-14-16-11-5-2-6-12-16;1-2/h1-6,9-12H,7-8,13-14H2;1-2H2. The van der Waals surface area contributed by atoms with Gasteiger partial charge in [0.2, 0.25) is 0 Å². The van der Waals surface area contributed by atoms with Crippen LogP contribution in [-0.4, -0.2) is 0 Å². The van der Waals surface area contributed by atoms with Gasteiger partial charge in [0.05, 0.1) is 0 Å². The average Bonchev–Trinajstić information content (AvgIpc) is 2.48. The van der Waals surface area contributed by atoms with Crippen molar-refractivity contribution in [2.24, 2.45) is 0 Å². The summed E-state index contributed by atoms with van der Waals surface area (Å²) in [5.41, 5.74) is 2.91. The van der Waals surface area contributed by atoms with E-state index in [1.165, 1.54) is 36.8 Å². The summed E-state index contributed by atoms with van der Waals surface area (Å²) in [5, 5.41) is 0. The lowest BCUT2D eigenvalue weighted by molar-refractivity contribution is 0.734.